The van der Waals surface area contributed by atoms with Gasteiger partial charge in [0.15, 0.2) is 0 Å². The molecule has 1 radical (unpaired) electrons. The first-order valence-electron chi connectivity index (χ1n) is 17.7. The zero-order valence-electron chi connectivity index (χ0n) is 33.7. The van der Waals surface area contributed by atoms with Gasteiger partial charge in [-0.2, -0.15) is 0 Å². The maximum Gasteiger partial charge on any atom is 1.00 e. The van der Waals surface area contributed by atoms with Crippen molar-refractivity contribution < 1.29 is 38.9 Å². The van der Waals surface area contributed by atoms with Crippen LogP contribution >= 0.6 is 0 Å². The van der Waals surface area contributed by atoms with E-state index in [1.165, 1.54) is 23.7 Å². The number of benzene rings is 2. The smallest absolute Gasteiger partial charge is 0.466 e. The maximum atomic E-state index is 12.8. The molecule has 51 heavy (non-hydrogen) atoms. The van der Waals surface area contributed by atoms with E-state index in [2.05, 4.69) is 118 Å². The molecule has 2 aromatic carbocycles. The van der Waals surface area contributed by atoms with Crippen molar-refractivity contribution in [3.05, 3.63) is 108 Å². The minimum Gasteiger partial charge on any atom is -0.466 e. The fraction of sp³-hybridized carbons (Fsp3) is 0.488. The van der Waals surface area contributed by atoms with E-state index in [1.54, 1.807) is 24.8 Å². The molecule has 2 amide bonds. The Morgan fingerprint density at radius 3 is 1.90 bits per heavy atom. The van der Waals surface area contributed by atoms with Gasteiger partial charge in [-0.1, -0.05) is 108 Å². The van der Waals surface area contributed by atoms with Crippen molar-refractivity contribution in [1.82, 2.24) is 15.5 Å². The SMILES string of the molecule is CC(C)(C)C.CCC=C(Cc1cccc(C(/C=C\C(=O)N(C)Cc2cccc(C)c2)=C\CC)c1)NCCCCNC(C)=O.CCOC(C)=O.[CH3-].[Os+]. The number of nitrogens with zero attached hydrogens (tertiary/aromatic N) is 1. The van der Waals surface area contributed by atoms with Gasteiger partial charge >= 0.3 is 25.8 Å². The molecule has 8 heteroatoms. The van der Waals surface area contributed by atoms with Crippen molar-refractivity contribution >= 4 is 23.4 Å². The van der Waals surface area contributed by atoms with Crippen LogP contribution in [0.4, 0.5) is 0 Å². The van der Waals surface area contributed by atoms with Gasteiger partial charge in [-0.15, -0.1) is 0 Å². The van der Waals surface area contributed by atoms with Gasteiger partial charge in [-0.25, -0.2) is 0 Å². The van der Waals surface area contributed by atoms with Crippen LogP contribution in [0.1, 0.15) is 110 Å². The average Bonchev–Trinajstić information content (AvgIpc) is 3.00. The molecule has 7 nitrogen and oxygen atoms in total. The molecule has 0 unspecified atom stereocenters. The Kier molecular flexibility index (Phi) is 30.7. The van der Waals surface area contributed by atoms with E-state index in [0.29, 0.717) is 18.6 Å². The standard InChI is InChI=1S/C33H45N3O2.C5H12.C4H8O2.CH3.Os/c1-6-12-30(18-19-33(38)36(5)25-29-16-10-14-26(3)22-29)31-17-11-15-28(23-31)24-32(13-7-2)35-21-9-8-20-34-27(4)37;1-5(2,3)4;1-3-6-4(2)5;;/h10-19,22-23,35H,6-9,20-21,24-25H2,1-5H3,(H,34,37);1-4H3;3H2,1-2H3;1H3;/q;;;-1;+1/b19-18-,30-12-,32-13?;;;;. The molecule has 0 saturated carbocycles. The summed E-state index contributed by atoms with van der Waals surface area (Å²) >= 11 is 0. The van der Waals surface area contributed by atoms with Crippen LogP contribution in [-0.2, 0) is 51.9 Å². The molecule has 0 aromatic heterocycles. The van der Waals surface area contributed by atoms with Crippen molar-refractivity contribution in [3.63, 3.8) is 0 Å². The third kappa shape index (κ3) is 29.9. The summed E-state index contributed by atoms with van der Waals surface area (Å²) in [7, 11) is 1.84. The summed E-state index contributed by atoms with van der Waals surface area (Å²) in [5.41, 5.74) is 7.43. The van der Waals surface area contributed by atoms with Gasteiger partial charge < -0.3 is 27.7 Å². The molecule has 0 spiro atoms. The predicted octanol–water partition coefficient (Wildman–Crippen LogP) is 9.42. The molecule has 0 aliphatic rings. The summed E-state index contributed by atoms with van der Waals surface area (Å²) in [6, 6.07) is 16.8. The molecular formula is C43H68N3O4Os. The average molecular weight is 881 g/mol. The van der Waals surface area contributed by atoms with Crippen LogP contribution < -0.4 is 10.6 Å². The van der Waals surface area contributed by atoms with Crippen molar-refractivity contribution in [1.29, 1.82) is 0 Å². The normalized spacial score (nSPS) is 11.0. The minimum absolute atomic E-state index is 0. The summed E-state index contributed by atoms with van der Waals surface area (Å²) in [5, 5.41) is 6.42. The predicted molar refractivity (Wildman–Crippen MR) is 213 cm³/mol. The molecule has 0 fully saturated rings. The fourth-order valence-corrected chi connectivity index (χ4v) is 4.45. The number of carbonyl (C=O) groups is 3. The number of hydrogen-bond acceptors (Lipinski definition) is 5. The Balaban J connectivity index is -0.00000154. The van der Waals surface area contributed by atoms with Crippen LogP contribution in [-0.4, -0.2) is 49.4 Å². The van der Waals surface area contributed by atoms with E-state index in [0.717, 1.165) is 61.9 Å². The minimum atomic E-state index is -0.211. The van der Waals surface area contributed by atoms with Crippen LogP contribution in [0.25, 0.3) is 5.57 Å². The molecule has 287 valence electrons. The van der Waals surface area contributed by atoms with Gasteiger partial charge in [0.25, 0.3) is 0 Å². The third-order valence-electron chi connectivity index (χ3n) is 6.49. The molecule has 2 rings (SSSR count). The number of rotatable bonds is 16. The fourth-order valence-electron chi connectivity index (χ4n) is 4.45. The monoisotopic (exact) mass is 882 g/mol. The molecular weight excluding hydrogens is 813 g/mol. The van der Waals surface area contributed by atoms with E-state index in [-0.39, 0.29) is 45.0 Å². The van der Waals surface area contributed by atoms with Gasteiger partial charge in [0.1, 0.15) is 0 Å². The first kappa shape index (κ1) is 51.9. The molecule has 2 aromatic rings. The van der Waals surface area contributed by atoms with Gasteiger partial charge in [0, 0.05) is 58.7 Å². The largest absolute Gasteiger partial charge is 1.00 e. The first-order chi connectivity index (χ1) is 23.1. The number of allylic oxidation sites excluding steroid dienone is 5. The van der Waals surface area contributed by atoms with Crippen LogP contribution in [0.5, 0.6) is 0 Å². The van der Waals surface area contributed by atoms with E-state index < -0.39 is 0 Å². The number of carbonyl (C=O) groups excluding carboxylic acids is 3. The Hall–Kier alpha value is -3.49. The van der Waals surface area contributed by atoms with Gasteiger partial charge in [-0.05, 0) is 73.3 Å². The zero-order chi connectivity index (χ0) is 37.2. The number of nitrogens with one attached hydrogen (secondary N) is 2. The van der Waals surface area contributed by atoms with Crippen LogP contribution in [0.2, 0.25) is 0 Å². The number of aryl methyl sites for hydroxylation is 1. The summed E-state index contributed by atoms with van der Waals surface area (Å²) in [6.07, 6.45) is 12.7. The second-order valence-electron chi connectivity index (χ2n) is 13.6. The van der Waals surface area contributed by atoms with Crippen LogP contribution in [0.3, 0.4) is 0 Å². The topological polar surface area (TPSA) is 87.7 Å². The van der Waals surface area contributed by atoms with E-state index in [4.69, 9.17) is 0 Å². The van der Waals surface area contributed by atoms with E-state index >= 15 is 0 Å². The summed E-state index contributed by atoms with van der Waals surface area (Å²) in [5.74, 6) is -0.201. The van der Waals surface area contributed by atoms with Crippen molar-refractivity contribution in [2.75, 3.05) is 26.7 Å². The number of esters is 1. The van der Waals surface area contributed by atoms with Gasteiger partial charge in [0.05, 0.1) is 6.61 Å². The number of ether oxygens (including phenoxy) is 1. The molecule has 0 aliphatic heterocycles. The Bertz CT molecular complexity index is 1350. The quantitative estimate of drug-likeness (QED) is 0.0577. The zero-order valence-corrected chi connectivity index (χ0v) is 36.3. The van der Waals surface area contributed by atoms with E-state index in [1.807, 2.05) is 19.2 Å². The number of hydrogen-bond donors (Lipinski definition) is 2. The van der Waals surface area contributed by atoms with Crippen LogP contribution in [0.15, 0.2) is 78.5 Å². The van der Waals surface area contributed by atoms with Crippen molar-refractivity contribution in [2.45, 2.75) is 108 Å². The molecule has 0 aliphatic carbocycles. The number of likely N-dealkylation sites (N-methyl/N-ethyl adjacent to an activating group) is 1. The molecule has 0 bridgehead atoms. The molecule has 2 N–H and O–H groups in total. The van der Waals surface area contributed by atoms with Crippen molar-refractivity contribution in [2.24, 2.45) is 5.41 Å². The maximum absolute atomic E-state index is 12.8. The Morgan fingerprint density at radius 2 is 1.39 bits per heavy atom. The second kappa shape index (κ2) is 30.2. The van der Waals surface area contributed by atoms with Gasteiger partial charge in [-0.3, -0.25) is 14.4 Å². The molecule has 0 atom stereocenters. The van der Waals surface area contributed by atoms with Crippen molar-refractivity contribution in [3.8, 4) is 0 Å². The first-order valence-corrected chi connectivity index (χ1v) is 17.7. The van der Waals surface area contributed by atoms with E-state index in [9.17, 15) is 14.4 Å². The summed E-state index contributed by atoms with van der Waals surface area (Å²) in [6.45, 7) is 22.5. The Morgan fingerprint density at radius 1 is 0.824 bits per heavy atom. The van der Waals surface area contributed by atoms with Crippen LogP contribution in [0, 0.1) is 19.8 Å². The third-order valence-corrected chi connectivity index (χ3v) is 6.49. The number of amides is 2. The second-order valence-corrected chi connectivity index (χ2v) is 13.6. The Labute approximate surface area is 324 Å². The van der Waals surface area contributed by atoms with Gasteiger partial charge in [0.2, 0.25) is 11.8 Å². The number of unbranched alkanes of at least 4 members (excludes halogenated alkanes) is 1. The summed E-state index contributed by atoms with van der Waals surface area (Å²) < 4.78 is 4.40. The molecule has 0 saturated heterocycles. The summed E-state index contributed by atoms with van der Waals surface area (Å²) in [4.78, 5) is 35.4. The molecule has 0 heterocycles.